The maximum Gasteiger partial charge on any atom is 0.163 e. The summed E-state index contributed by atoms with van der Waals surface area (Å²) in [4.78, 5) is 9.49. The molecule has 0 saturated carbocycles. The zero-order valence-electron chi connectivity index (χ0n) is 14.4. The van der Waals surface area contributed by atoms with E-state index in [0.29, 0.717) is 17.4 Å². The SMILES string of the molecule is Cc1ccc(-c2nc(NCc3ccccc3)c3ccccc3n2)c(Cl)c1. The summed E-state index contributed by atoms with van der Waals surface area (Å²) in [7, 11) is 0. The van der Waals surface area contributed by atoms with Crippen molar-refractivity contribution < 1.29 is 0 Å². The Hall–Kier alpha value is -2.91. The molecule has 3 nitrogen and oxygen atoms in total. The van der Waals surface area contributed by atoms with E-state index < -0.39 is 0 Å². The molecule has 4 aromatic rings. The number of aromatic nitrogens is 2. The maximum atomic E-state index is 6.44. The quantitative estimate of drug-likeness (QED) is 0.495. The molecule has 26 heavy (non-hydrogen) atoms. The highest BCUT2D eigenvalue weighted by atomic mass is 35.5. The first-order valence-corrected chi connectivity index (χ1v) is 8.89. The fraction of sp³-hybridized carbons (Fsp3) is 0.0909. The molecule has 0 fully saturated rings. The highest BCUT2D eigenvalue weighted by Crippen LogP contribution is 2.30. The molecule has 3 aromatic carbocycles. The van der Waals surface area contributed by atoms with E-state index in [1.165, 1.54) is 5.56 Å². The molecule has 1 aromatic heterocycles. The molecule has 4 rings (SSSR count). The minimum atomic E-state index is 0.629. The van der Waals surface area contributed by atoms with Crippen LogP contribution in [0.1, 0.15) is 11.1 Å². The standard InChI is InChI=1S/C22H18ClN3/c1-15-11-12-17(19(23)13-15)22-25-20-10-6-5-9-18(20)21(26-22)24-14-16-7-3-2-4-8-16/h2-13H,14H2,1H3,(H,24,25,26). The summed E-state index contributed by atoms with van der Waals surface area (Å²) in [6, 6.07) is 24.2. The molecule has 0 saturated heterocycles. The van der Waals surface area contributed by atoms with Gasteiger partial charge in [-0.2, -0.15) is 0 Å². The molecule has 0 aliphatic carbocycles. The van der Waals surface area contributed by atoms with Gasteiger partial charge in [-0.15, -0.1) is 0 Å². The molecular weight excluding hydrogens is 342 g/mol. The highest BCUT2D eigenvalue weighted by molar-refractivity contribution is 6.33. The first-order chi connectivity index (χ1) is 12.7. The third-order valence-corrected chi connectivity index (χ3v) is 4.58. The molecule has 1 heterocycles. The Labute approximate surface area is 157 Å². The van der Waals surface area contributed by atoms with Crippen molar-refractivity contribution in [2.75, 3.05) is 5.32 Å². The molecule has 0 unspecified atom stereocenters. The summed E-state index contributed by atoms with van der Waals surface area (Å²) in [5, 5.41) is 5.11. The van der Waals surface area contributed by atoms with Crippen LogP contribution in [0.4, 0.5) is 5.82 Å². The van der Waals surface area contributed by atoms with Crippen LogP contribution in [0.2, 0.25) is 5.02 Å². The first kappa shape index (κ1) is 16.6. The van der Waals surface area contributed by atoms with Crippen LogP contribution in [0.25, 0.3) is 22.3 Å². The number of para-hydroxylation sites is 1. The molecular formula is C22H18ClN3. The van der Waals surface area contributed by atoms with E-state index >= 15 is 0 Å². The van der Waals surface area contributed by atoms with E-state index in [9.17, 15) is 0 Å². The summed E-state index contributed by atoms with van der Waals surface area (Å²) >= 11 is 6.44. The number of rotatable bonds is 4. The number of fused-ring (bicyclic) bond motifs is 1. The molecule has 1 N–H and O–H groups in total. The average molecular weight is 360 g/mol. The molecule has 0 amide bonds. The van der Waals surface area contributed by atoms with Gasteiger partial charge in [0, 0.05) is 17.5 Å². The van der Waals surface area contributed by atoms with Gasteiger partial charge in [0.05, 0.1) is 10.5 Å². The Morgan fingerprint density at radius 3 is 2.46 bits per heavy atom. The second kappa shape index (κ2) is 7.14. The Kier molecular flexibility index (Phi) is 4.55. The summed E-state index contributed by atoms with van der Waals surface area (Å²) < 4.78 is 0. The fourth-order valence-electron chi connectivity index (χ4n) is 2.91. The van der Waals surface area contributed by atoms with Crippen LogP contribution in [-0.4, -0.2) is 9.97 Å². The highest BCUT2D eigenvalue weighted by Gasteiger charge is 2.12. The van der Waals surface area contributed by atoms with Crippen LogP contribution in [0, 0.1) is 6.92 Å². The van der Waals surface area contributed by atoms with E-state index in [1.54, 1.807) is 0 Å². The van der Waals surface area contributed by atoms with Crippen molar-refractivity contribution in [1.82, 2.24) is 9.97 Å². The molecule has 0 aliphatic heterocycles. The number of anilines is 1. The molecule has 4 heteroatoms. The van der Waals surface area contributed by atoms with Gasteiger partial charge >= 0.3 is 0 Å². The van der Waals surface area contributed by atoms with E-state index in [-0.39, 0.29) is 0 Å². The van der Waals surface area contributed by atoms with Gasteiger partial charge in [0.25, 0.3) is 0 Å². The minimum absolute atomic E-state index is 0.629. The van der Waals surface area contributed by atoms with Gasteiger partial charge in [-0.1, -0.05) is 60.1 Å². The molecule has 0 spiro atoms. The van der Waals surface area contributed by atoms with Gasteiger partial charge in [0.2, 0.25) is 0 Å². The summed E-state index contributed by atoms with van der Waals surface area (Å²) in [5.41, 5.74) is 4.04. The smallest absolute Gasteiger partial charge is 0.163 e. The monoisotopic (exact) mass is 359 g/mol. The Balaban J connectivity index is 1.78. The van der Waals surface area contributed by atoms with Gasteiger partial charge in [-0.3, -0.25) is 0 Å². The Morgan fingerprint density at radius 1 is 0.885 bits per heavy atom. The lowest BCUT2D eigenvalue weighted by molar-refractivity contribution is 1.11. The minimum Gasteiger partial charge on any atom is -0.365 e. The number of benzene rings is 3. The van der Waals surface area contributed by atoms with Crippen LogP contribution >= 0.6 is 11.6 Å². The third-order valence-electron chi connectivity index (χ3n) is 4.27. The van der Waals surface area contributed by atoms with Crippen LogP contribution in [0.3, 0.4) is 0 Å². The predicted molar refractivity (Wildman–Crippen MR) is 108 cm³/mol. The number of nitrogens with zero attached hydrogens (tertiary/aromatic N) is 2. The molecule has 128 valence electrons. The van der Waals surface area contributed by atoms with Crippen LogP contribution in [-0.2, 0) is 6.54 Å². The lowest BCUT2D eigenvalue weighted by Gasteiger charge is -2.12. The number of nitrogens with one attached hydrogen (secondary N) is 1. The van der Waals surface area contributed by atoms with Crippen molar-refractivity contribution in [3.05, 3.63) is 88.9 Å². The normalized spacial score (nSPS) is 10.8. The van der Waals surface area contributed by atoms with Gasteiger partial charge < -0.3 is 5.32 Å². The summed E-state index contributed by atoms with van der Waals surface area (Å²) in [6.45, 7) is 2.71. The summed E-state index contributed by atoms with van der Waals surface area (Å²) in [5.74, 6) is 1.44. The number of hydrogen-bond donors (Lipinski definition) is 1. The Bertz CT molecular complexity index is 1060. The van der Waals surface area contributed by atoms with Crippen LogP contribution in [0.5, 0.6) is 0 Å². The lowest BCUT2D eigenvalue weighted by Crippen LogP contribution is -2.04. The fourth-order valence-corrected chi connectivity index (χ4v) is 3.23. The maximum absolute atomic E-state index is 6.44. The first-order valence-electron chi connectivity index (χ1n) is 8.52. The second-order valence-electron chi connectivity index (χ2n) is 6.24. The van der Waals surface area contributed by atoms with Crippen LogP contribution < -0.4 is 5.32 Å². The topological polar surface area (TPSA) is 37.8 Å². The predicted octanol–water partition coefficient (Wildman–Crippen LogP) is 5.87. The number of halogens is 1. The van der Waals surface area contributed by atoms with Crippen LogP contribution in [0.15, 0.2) is 72.8 Å². The number of hydrogen-bond acceptors (Lipinski definition) is 3. The van der Waals surface area contributed by atoms with Crippen molar-refractivity contribution in [2.24, 2.45) is 0 Å². The van der Waals surface area contributed by atoms with Crippen molar-refractivity contribution in [2.45, 2.75) is 13.5 Å². The van der Waals surface area contributed by atoms with Crippen molar-refractivity contribution in [3.63, 3.8) is 0 Å². The van der Waals surface area contributed by atoms with E-state index in [4.69, 9.17) is 21.6 Å². The van der Waals surface area contributed by atoms with Crippen molar-refractivity contribution >= 4 is 28.3 Å². The van der Waals surface area contributed by atoms with Gasteiger partial charge in [0.15, 0.2) is 5.82 Å². The summed E-state index contributed by atoms with van der Waals surface area (Å²) in [6.07, 6.45) is 0. The van der Waals surface area contributed by atoms with Gasteiger partial charge in [-0.05, 0) is 42.3 Å². The Morgan fingerprint density at radius 2 is 1.65 bits per heavy atom. The molecule has 0 radical (unpaired) electrons. The van der Waals surface area contributed by atoms with Crippen molar-refractivity contribution in [3.8, 4) is 11.4 Å². The molecule has 0 bridgehead atoms. The van der Waals surface area contributed by atoms with E-state index in [2.05, 4.69) is 17.4 Å². The molecule has 0 atom stereocenters. The average Bonchev–Trinajstić information content (AvgIpc) is 2.67. The zero-order valence-corrected chi connectivity index (χ0v) is 15.2. The van der Waals surface area contributed by atoms with Crippen molar-refractivity contribution in [1.29, 1.82) is 0 Å². The van der Waals surface area contributed by atoms with E-state index in [0.717, 1.165) is 27.8 Å². The largest absolute Gasteiger partial charge is 0.365 e. The van der Waals surface area contributed by atoms with Gasteiger partial charge in [0.1, 0.15) is 5.82 Å². The third kappa shape index (κ3) is 3.39. The number of aryl methyl sites for hydroxylation is 1. The second-order valence-corrected chi connectivity index (χ2v) is 6.64. The zero-order chi connectivity index (χ0) is 17.9. The van der Waals surface area contributed by atoms with E-state index in [1.807, 2.05) is 67.6 Å². The molecule has 0 aliphatic rings. The lowest BCUT2D eigenvalue weighted by atomic mass is 10.1. The van der Waals surface area contributed by atoms with Gasteiger partial charge in [-0.25, -0.2) is 9.97 Å².